The molecule has 6 heteroatoms. The number of nitrogens with zero attached hydrogens (tertiary/aromatic N) is 2. The largest absolute Gasteiger partial charge is 0.447 e. The van der Waals surface area contributed by atoms with Gasteiger partial charge in [0.2, 0.25) is 0 Å². The van der Waals surface area contributed by atoms with Crippen LogP contribution in [0, 0.1) is 0 Å². The lowest BCUT2D eigenvalue weighted by Crippen LogP contribution is -2.40. The van der Waals surface area contributed by atoms with E-state index in [4.69, 9.17) is 15.7 Å². The Morgan fingerprint density at radius 3 is 2.38 bits per heavy atom. The molecule has 0 aromatic heterocycles. The molecule has 0 aromatic rings. The van der Waals surface area contributed by atoms with Crippen LogP contribution in [0.25, 0.3) is 0 Å². The molecule has 0 bridgehead atoms. The third-order valence-corrected chi connectivity index (χ3v) is 1.93. The molecule has 0 heterocycles. The van der Waals surface area contributed by atoms with Crippen LogP contribution in [0.5, 0.6) is 0 Å². The Morgan fingerprint density at radius 1 is 1.44 bits per heavy atom. The van der Waals surface area contributed by atoms with E-state index in [-0.39, 0.29) is 24.1 Å². The number of oxime groups is 1. The fourth-order valence-corrected chi connectivity index (χ4v) is 1.11. The first-order chi connectivity index (χ1) is 7.38. The second-order valence-corrected chi connectivity index (χ2v) is 4.06. The molecular formula is C10H21N3O3. The molecule has 0 atom stereocenters. The van der Waals surface area contributed by atoms with E-state index in [1.54, 1.807) is 13.8 Å². The Morgan fingerprint density at radius 2 is 2.00 bits per heavy atom. The molecule has 94 valence electrons. The van der Waals surface area contributed by atoms with Gasteiger partial charge in [0.25, 0.3) is 0 Å². The molecule has 16 heavy (non-hydrogen) atoms. The Labute approximate surface area is 96.0 Å². The van der Waals surface area contributed by atoms with Crippen LogP contribution < -0.4 is 5.73 Å². The molecule has 0 aliphatic heterocycles. The summed E-state index contributed by atoms with van der Waals surface area (Å²) >= 11 is 0. The van der Waals surface area contributed by atoms with Gasteiger partial charge >= 0.3 is 6.09 Å². The Bertz CT molecular complexity index is 252. The molecule has 3 N–H and O–H groups in total. The molecule has 0 radical (unpaired) electrons. The van der Waals surface area contributed by atoms with Gasteiger partial charge in [0.15, 0.2) is 0 Å². The number of rotatable bonds is 5. The molecule has 0 saturated heterocycles. The number of carbonyl (C=O) groups excluding carboxylic acids is 1. The van der Waals surface area contributed by atoms with E-state index in [0.29, 0.717) is 13.0 Å². The van der Waals surface area contributed by atoms with Gasteiger partial charge < -0.3 is 20.6 Å². The monoisotopic (exact) mass is 231 g/mol. The number of hydrogen-bond donors (Lipinski definition) is 2. The summed E-state index contributed by atoms with van der Waals surface area (Å²) in [7, 11) is 0. The van der Waals surface area contributed by atoms with Gasteiger partial charge in [-0.25, -0.2) is 4.79 Å². The normalized spacial score (nSPS) is 12.0. The van der Waals surface area contributed by atoms with E-state index in [1.165, 1.54) is 4.90 Å². The number of hydrogen-bond acceptors (Lipinski definition) is 4. The van der Waals surface area contributed by atoms with Gasteiger partial charge in [0.1, 0.15) is 5.84 Å². The highest BCUT2D eigenvalue weighted by Crippen LogP contribution is 2.05. The van der Waals surface area contributed by atoms with Gasteiger partial charge in [-0.3, -0.25) is 0 Å². The smallest absolute Gasteiger partial charge is 0.410 e. The van der Waals surface area contributed by atoms with Crippen LogP contribution in [0.2, 0.25) is 0 Å². The maximum absolute atomic E-state index is 11.7. The van der Waals surface area contributed by atoms with Crippen molar-refractivity contribution in [2.24, 2.45) is 10.9 Å². The molecule has 0 aliphatic rings. The quantitative estimate of drug-likeness (QED) is 0.324. The first kappa shape index (κ1) is 14.5. The van der Waals surface area contributed by atoms with Crippen molar-refractivity contribution < 1.29 is 14.7 Å². The van der Waals surface area contributed by atoms with Crippen LogP contribution in [0.4, 0.5) is 4.79 Å². The lowest BCUT2D eigenvalue weighted by molar-refractivity contribution is 0.0687. The summed E-state index contributed by atoms with van der Waals surface area (Å²) < 4.78 is 5.08. The van der Waals surface area contributed by atoms with E-state index in [2.05, 4.69) is 5.16 Å². The summed E-state index contributed by atoms with van der Waals surface area (Å²) in [5.74, 6) is 0.1000. The van der Waals surface area contributed by atoms with Crippen LogP contribution in [-0.4, -0.2) is 40.7 Å². The van der Waals surface area contributed by atoms with E-state index < -0.39 is 0 Å². The van der Waals surface area contributed by atoms with Crippen molar-refractivity contribution in [3.05, 3.63) is 0 Å². The average Bonchev–Trinajstić information content (AvgIpc) is 2.15. The first-order valence-corrected chi connectivity index (χ1v) is 5.32. The van der Waals surface area contributed by atoms with Crippen molar-refractivity contribution in [3.63, 3.8) is 0 Å². The zero-order valence-electron chi connectivity index (χ0n) is 10.3. The van der Waals surface area contributed by atoms with Crippen LogP contribution >= 0.6 is 0 Å². The summed E-state index contributed by atoms with van der Waals surface area (Å²) in [6.07, 6.45) is -0.213. The lowest BCUT2D eigenvalue weighted by atomic mass is 10.3. The van der Waals surface area contributed by atoms with E-state index in [1.807, 2.05) is 13.8 Å². The summed E-state index contributed by atoms with van der Waals surface area (Å²) in [5.41, 5.74) is 5.34. The number of nitrogens with two attached hydrogens (primary N) is 1. The standard InChI is InChI=1S/C10H21N3O3/c1-7(2)13(6-5-9(11)12-15)10(14)16-8(3)4/h7-8,15H,5-6H2,1-4H3,(H2,11,12). The van der Waals surface area contributed by atoms with Crippen molar-refractivity contribution in [3.8, 4) is 0 Å². The maximum atomic E-state index is 11.7. The van der Waals surface area contributed by atoms with Gasteiger partial charge in [-0.05, 0) is 27.7 Å². The number of ether oxygens (including phenoxy) is 1. The maximum Gasteiger partial charge on any atom is 0.410 e. The third kappa shape index (κ3) is 5.43. The minimum absolute atomic E-state index is 0.0118. The number of carbonyl (C=O) groups is 1. The van der Waals surface area contributed by atoms with Gasteiger partial charge in [0, 0.05) is 19.0 Å². The number of amides is 1. The zero-order valence-corrected chi connectivity index (χ0v) is 10.3. The highest BCUT2D eigenvalue weighted by atomic mass is 16.6. The predicted octanol–water partition coefficient (Wildman–Crippen LogP) is 1.38. The molecule has 0 aliphatic carbocycles. The highest BCUT2D eigenvalue weighted by molar-refractivity contribution is 5.80. The summed E-state index contributed by atoms with van der Waals surface area (Å²) in [6, 6.07) is 0.0118. The molecule has 6 nitrogen and oxygen atoms in total. The predicted molar refractivity (Wildman–Crippen MR) is 61.5 cm³/mol. The molecule has 0 rings (SSSR count). The van der Waals surface area contributed by atoms with Crippen LogP contribution in [0.1, 0.15) is 34.1 Å². The Kier molecular flexibility index (Phi) is 6.29. The van der Waals surface area contributed by atoms with Crippen molar-refractivity contribution in [2.75, 3.05) is 6.54 Å². The summed E-state index contributed by atoms with van der Waals surface area (Å²) in [5, 5.41) is 11.3. The Hall–Kier alpha value is -1.46. The third-order valence-electron chi connectivity index (χ3n) is 1.93. The second kappa shape index (κ2) is 6.92. The summed E-state index contributed by atoms with van der Waals surface area (Å²) in [6.45, 7) is 7.72. The van der Waals surface area contributed by atoms with E-state index in [9.17, 15) is 4.79 Å². The lowest BCUT2D eigenvalue weighted by Gasteiger charge is -2.26. The molecule has 0 aromatic carbocycles. The topological polar surface area (TPSA) is 88.2 Å². The SMILES string of the molecule is CC(C)OC(=O)N(CCC(N)=NO)C(C)C. The van der Waals surface area contributed by atoms with Gasteiger partial charge in [-0.15, -0.1) is 0 Å². The minimum atomic E-state index is -0.379. The second-order valence-electron chi connectivity index (χ2n) is 4.06. The molecule has 0 saturated carbocycles. The molecule has 0 unspecified atom stereocenters. The van der Waals surface area contributed by atoms with E-state index in [0.717, 1.165) is 0 Å². The van der Waals surface area contributed by atoms with Crippen molar-refractivity contribution in [1.29, 1.82) is 0 Å². The van der Waals surface area contributed by atoms with Crippen LogP contribution in [-0.2, 0) is 4.74 Å². The highest BCUT2D eigenvalue weighted by Gasteiger charge is 2.19. The van der Waals surface area contributed by atoms with Crippen molar-refractivity contribution in [1.82, 2.24) is 4.90 Å². The van der Waals surface area contributed by atoms with Gasteiger partial charge in [-0.2, -0.15) is 0 Å². The van der Waals surface area contributed by atoms with E-state index >= 15 is 0 Å². The summed E-state index contributed by atoms with van der Waals surface area (Å²) in [4.78, 5) is 13.2. The molecule has 1 amide bonds. The van der Waals surface area contributed by atoms with Crippen LogP contribution in [0.3, 0.4) is 0 Å². The molecule has 0 fully saturated rings. The molecular weight excluding hydrogens is 210 g/mol. The average molecular weight is 231 g/mol. The zero-order chi connectivity index (χ0) is 12.7. The van der Waals surface area contributed by atoms with Crippen molar-refractivity contribution >= 4 is 11.9 Å². The minimum Gasteiger partial charge on any atom is -0.447 e. The van der Waals surface area contributed by atoms with Gasteiger partial charge in [0.05, 0.1) is 6.10 Å². The van der Waals surface area contributed by atoms with Crippen LogP contribution in [0.15, 0.2) is 5.16 Å². The Balaban J connectivity index is 4.33. The number of amidine groups is 1. The van der Waals surface area contributed by atoms with Crippen molar-refractivity contribution in [2.45, 2.75) is 46.3 Å². The fourth-order valence-electron chi connectivity index (χ4n) is 1.11. The molecule has 0 spiro atoms. The van der Waals surface area contributed by atoms with Gasteiger partial charge in [-0.1, -0.05) is 5.16 Å². The first-order valence-electron chi connectivity index (χ1n) is 5.32. The fraction of sp³-hybridized carbons (Fsp3) is 0.800.